The van der Waals surface area contributed by atoms with Gasteiger partial charge < -0.3 is 14.2 Å². The molecular formula is C20H18O6. The van der Waals surface area contributed by atoms with Gasteiger partial charge in [-0.15, -0.1) is 0 Å². The van der Waals surface area contributed by atoms with Gasteiger partial charge in [-0.3, -0.25) is 0 Å². The minimum atomic E-state index is -1.12. The van der Waals surface area contributed by atoms with Gasteiger partial charge in [0.25, 0.3) is 0 Å². The van der Waals surface area contributed by atoms with Gasteiger partial charge in [0.05, 0.1) is 11.1 Å². The lowest BCUT2D eigenvalue weighted by Crippen LogP contribution is -2.47. The van der Waals surface area contributed by atoms with E-state index in [0.717, 1.165) is 0 Å². The highest BCUT2D eigenvalue weighted by molar-refractivity contribution is 5.92. The van der Waals surface area contributed by atoms with Crippen LogP contribution >= 0.6 is 0 Å². The van der Waals surface area contributed by atoms with Crippen molar-refractivity contribution >= 4 is 17.9 Å². The topological polar surface area (TPSA) is 78.9 Å². The normalized spacial score (nSPS) is 22.2. The molecule has 2 aromatic rings. The summed E-state index contributed by atoms with van der Waals surface area (Å²) >= 11 is 0. The summed E-state index contributed by atoms with van der Waals surface area (Å²) in [5.74, 6) is -1.79. The zero-order valence-corrected chi connectivity index (χ0v) is 14.2. The van der Waals surface area contributed by atoms with Crippen molar-refractivity contribution in [1.29, 1.82) is 0 Å². The maximum absolute atomic E-state index is 12.2. The Bertz CT molecular complexity index is 786. The van der Waals surface area contributed by atoms with Gasteiger partial charge in [-0.05, 0) is 31.2 Å². The number of esters is 3. The van der Waals surface area contributed by atoms with E-state index in [9.17, 15) is 14.4 Å². The van der Waals surface area contributed by atoms with E-state index in [-0.39, 0.29) is 6.42 Å². The zero-order valence-electron chi connectivity index (χ0n) is 14.2. The monoisotopic (exact) mass is 354 g/mol. The van der Waals surface area contributed by atoms with Crippen LogP contribution in [0.4, 0.5) is 0 Å². The Kier molecular flexibility index (Phi) is 5.31. The standard InChI is InChI=1S/C20H18O6/c1-13-16(25-18(21)14-8-4-2-5-9-14)12-17(20(23)24-13)26-19(22)15-10-6-3-7-11-15/h2-11,13,16-17H,12H2,1H3/t13?,16-,17?/m1/s1. The number of carbonyl (C=O) groups excluding carboxylic acids is 3. The van der Waals surface area contributed by atoms with Crippen LogP contribution in [0, 0.1) is 0 Å². The highest BCUT2D eigenvalue weighted by Gasteiger charge is 2.40. The van der Waals surface area contributed by atoms with E-state index in [1.807, 2.05) is 0 Å². The second kappa shape index (κ2) is 7.82. The molecule has 3 atom stereocenters. The van der Waals surface area contributed by atoms with E-state index in [4.69, 9.17) is 14.2 Å². The molecule has 0 radical (unpaired) electrons. The van der Waals surface area contributed by atoms with Crippen molar-refractivity contribution in [3.8, 4) is 0 Å². The second-order valence-corrected chi connectivity index (χ2v) is 5.95. The number of rotatable bonds is 4. The summed E-state index contributed by atoms with van der Waals surface area (Å²) < 4.78 is 15.9. The lowest BCUT2D eigenvalue weighted by atomic mass is 10.0. The first kappa shape index (κ1) is 17.7. The van der Waals surface area contributed by atoms with Crippen LogP contribution in [0.1, 0.15) is 34.1 Å². The molecule has 6 heteroatoms. The van der Waals surface area contributed by atoms with Crippen molar-refractivity contribution in [3.05, 3.63) is 71.8 Å². The number of ether oxygens (including phenoxy) is 3. The largest absolute Gasteiger partial charge is 0.456 e. The van der Waals surface area contributed by atoms with E-state index in [1.165, 1.54) is 0 Å². The van der Waals surface area contributed by atoms with Crippen molar-refractivity contribution in [3.63, 3.8) is 0 Å². The number of benzene rings is 2. The molecule has 0 N–H and O–H groups in total. The van der Waals surface area contributed by atoms with Crippen LogP contribution in [-0.4, -0.2) is 36.2 Å². The highest BCUT2D eigenvalue weighted by atomic mass is 16.6. The molecule has 2 aromatic carbocycles. The van der Waals surface area contributed by atoms with Gasteiger partial charge >= 0.3 is 17.9 Å². The fourth-order valence-corrected chi connectivity index (χ4v) is 2.63. The third-order valence-electron chi connectivity index (χ3n) is 4.06. The van der Waals surface area contributed by atoms with Crippen molar-refractivity contribution in [2.75, 3.05) is 0 Å². The molecule has 1 aliphatic rings. The van der Waals surface area contributed by atoms with E-state index >= 15 is 0 Å². The Hall–Kier alpha value is -3.15. The third-order valence-corrected chi connectivity index (χ3v) is 4.06. The van der Waals surface area contributed by atoms with Gasteiger partial charge in [-0.1, -0.05) is 36.4 Å². The van der Waals surface area contributed by atoms with Crippen molar-refractivity contribution < 1.29 is 28.6 Å². The number of cyclic esters (lactones) is 1. The molecule has 0 amide bonds. The first-order chi connectivity index (χ1) is 12.5. The average Bonchev–Trinajstić information content (AvgIpc) is 2.66. The molecule has 1 saturated heterocycles. The smallest absolute Gasteiger partial charge is 0.348 e. The fraction of sp³-hybridized carbons (Fsp3) is 0.250. The Morgan fingerprint density at radius 1 is 0.885 bits per heavy atom. The molecule has 0 aromatic heterocycles. The van der Waals surface area contributed by atoms with Crippen molar-refractivity contribution in [2.24, 2.45) is 0 Å². The minimum absolute atomic E-state index is 0.0527. The Balaban J connectivity index is 1.66. The molecule has 2 unspecified atom stereocenters. The maximum atomic E-state index is 12.2. The number of carbonyl (C=O) groups is 3. The summed E-state index contributed by atoms with van der Waals surface area (Å²) in [6, 6.07) is 16.9. The predicted molar refractivity (Wildman–Crippen MR) is 91.5 cm³/mol. The summed E-state index contributed by atoms with van der Waals surface area (Å²) in [6.07, 6.45) is -2.39. The Labute approximate surface area is 150 Å². The molecule has 0 bridgehead atoms. The fourth-order valence-electron chi connectivity index (χ4n) is 2.63. The lowest BCUT2D eigenvalue weighted by molar-refractivity contribution is -0.178. The van der Waals surface area contributed by atoms with Crippen LogP contribution in [0.5, 0.6) is 0 Å². The summed E-state index contributed by atoms with van der Waals surface area (Å²) in [6.45, 7) is 1.63. The van der Waals surface area contributed by atoms with E-state index in [0.29, 0.717) is 11.1 Å². The Morgan fingerprint density at radius 2 is 1.38 bits per heavy atom. The molecule has 1 aliphatic heterocycles. The van der Waals surface area contributed by atoms with Crippen LogP contribution in [-0.2, 0) is 19.0 Å². The quantitative estimate of drug-likeness (QED) is 0.620. The minimum Gasteiger partial charge on any atom is -0.456 e. The van der Waals surface area contributed by atoms with Gasteiger partial charge in [0.1, 0.15) is 12.2 Å². The summed E-state index contributed by atoms with van der Waals surface area (Å²) in [7, 11) is 0. The van der Waals surface area contributed by atoms with Crippen LogP contribution < -0.4 is 0 Å². The summed E-state index contributed by atoms with van der Waals surface area (Å²) in [5.41, 5.74) is 0.728. The molecule has 0 aliphatic carbocycles. The van der Waals surface area contributed by atoms with Crippen LogP contribution in [0.3, 0.4) is 0 Å². The molecule has 0 saturated carbocycles. The van der Waals surface area contributed by atoms with Gasteiger partial charge in [0, 0.05) is 6.42 Å². The average molecular weight is 354 g/mol. The molecule has 0 spiro atoms. The zero-order chi connectivity index (χ0) is 18.5. The molecule has 1 heterocycles. The van der Waals surface area contributed by atoms with Gasteiger partial charge in [0.2, 0.25) is 6.10 Å². The molecule has 134 valence electrons. The molecule has 6 nitrogen and oxygen atoms in total. The molecule has 26 heavy (non-hydrogen) atoms. The van der Waals surface area contributed by atoms with Gasteiger partial charge in [0.15, 0.2) is 0 Å². The SMILES string of the molecule is CC1OC(=O)C(OC(=O)c2ccccc2)C[C@H]1OC(=O)c1ccccc1. The van der Waals surface area contributed by atoms with Crippen molar-refractivity contribution in [1.82, 2.24) is 0 Å². The first-order valence-corrected chi connectivity index (χ1v) is 8.27. The molecule has 3 rings (SSSR count). The van der Waals surface area contributed by atoms with E-state index in [1.54, 1.807) is 67.6 Å². The predicted octanol–water partition coefficient (Wildman–Crippen LogP) is 2.77. The lowest BCUT2D eigenvalue weighted by Gasteiger charge is -2.32. The van der Waals surface area contributed by atoms with Gasteiger partial charge in [-0.2, -0.15) is 0 Å². The second-order valence-electron chi connectivity index (χ2n) is 5.95. The summed E-state index contributed by atoms with van der Waals surface area (Å²) in [4.78, 5) is 36.4. The van der Waals surface area contributed by atoms with Crippen molar-refractivity contribution in [2.45, 2.75) is 31.7 Å². The summed E-state index contributed by atoms with van der Waals surface area (Å²) in [5, 5.41) is 0. The molecular weight excluding hydrogens is 336 g/mol. The maximum Gasteiger partial charge on any atom is 0.348 e. The molecule has 1 fully saturated rings. The highest BCUT2D eigenvalue weighted by Crippen LogP contribution is 2.23. The van der Waals surface area contributed by atoms with Gasteiger partial charge in [-0.25, -0.2) is 14.4 Å². The van der Waals surface area contributed by atoms with E-state index < -0.39 is 36.2 Å². The third kappa shape index (κ3) is 4.08. The van der Waals surface area contributed by atoms with Crippen LogP contribution in [0.2, 0.25) is 0 Å². The number of hydrogen-bond acceptors (Lipinski definition) is 6. The van der Waals surface area contributed by atoms with E-state index in [2.05, 4.69) is 0 Å². The Morgan fingerprint density at radius 3 is 1.92 bits per heavy atom. The van der Waals surface area contributed by atoms with Crippen LogP contribution in [0.15, 0.2) is 60.7 Å². The van der Waals surface area contributed by atoms with Crippen LogP contribution in [0.25, 0.3) is 0 Å². The number of hydrogen-bond donors (Lipinski definition) is 0. The first-order valence-electron chi connectivity index (χ1n) is 8.27.